The highest BCUT2D eigenvalue weighted by atomic mass is 79.9. The van der Waals surface area contributed by atoms with Crippen LogP contribution in [-0.2, 0) is 13.0 Å². The first-order valence-electron chi connectivity index (χ1n) is 6.07. The van der Waals surface area contributed by atoms with E-state index >= 15 is 0 Å². The zero-order valence-corrected chi connectivity index (χ0v) is 11.8. The van der Waals surface area contributed by atoms with Gasteiger partial charge in [-0.1, -0.05) is 24.3 Å². The van der Waals surface area contributed by atoms with Gasteiger partial charge >= 0.3 is 0 Å². The van der Waals surface area contributed by atoms with Gasteiger partial charge in [0, 0.05) is 30.6 Å². The lowest BCUT2D eigenvalue weighted by Gasteiger charge is -2.18. The molecule has 0 saturated carbocycles. The lowest BCUT2D eigenvalue weighted by Crippen LogP contribution is -2.25. The van der Waals surface area contributed by atoms with E-state index in [0.717, 1.165) is 41.2 Å². The maximum Gasteiger partial charge on any atom is 0.160 e. The molecule has 0 saturated heterocycles. The molecule has 0 fully saturated rings. The second-order valence-corrected chi connectivity index (χ2v) is 5.26. The van der Waals surface area contributed by atoms with Crippen molar-refractivity contribution in [2.45, 2.75) is 19.9 Å². The Morgan fingerprint density at radius 2 is 2.06 bits per heavy atom. The number of hydrogen-bond acceptors (Lipinski definition) is 3. The minimum atomic E-state index is 0.820. The molecule has 0 bridgehead atoms. The summed E-state index contributed by atoms with van der Waals surface area (Å²) in [6.45, 7) is 3.93. The molecule has 1 aliphatic rings. The molecule has 0 atom stereocenters. The molecule has 3 rings (SSSR count). The topological polar surface area (TPSA) is 37.8 Å². The Bertz CT molecular complexity index is 596. The number of nitrogens with zero attached hydrogens (tertiary/aromatic N) is 2. The number of aryl methyl sites for hydroxylation is 1. The molecule has 1 aromatic heterocycles. The Morgan fingerprint density at radius 1 is 1.22 bits per heavy atom. The van der Waals surface area contributed by atoms with Gasteiger partial charge in [0.2, 0.25) is 0 Å². The first-order valence-corrected chi connectivity index (χ1v) is 6.87. The molecule has 0 radical (unpaired) electrons. The first-order chi connectivity index (χ1) is 8.75. The first kappa shape index (κ1) is 11.8. The largest absolute Gasteiger partial charge is 0.312 e. The summed E-state index contributed by atoms with van der Waals surface area (Å²) < 4.78 is 0.915. The lowest BCUT2D eigenvalue weighted by molar-refractivity contribution is 0.623. The third-order valence-corrected chi connectivity index (χ3v) is 3.92. The standard InChI is InChI=1S/C14H14BrN3/c1-9-4-2-3-5-10(9)14-17-12-6-7-16-8-11(12)13(15)18-14/h2-5,16H,6-8H2,1H3. The molecule has 0 unspecified atom stereocenters. The molecule has 0 aliphatic carbocycles. The van der Waals surface area contributed by atoms with Crippen LogP contribution in [0.25, 0.3) is 11.4 Å². The van der Waals surface area contributed by atoms with Gasteiger partial charge in [0.05, 0.1) is 5.69 Å². The van der Waals surface area contributed by atoms with Crippen LogP contribution in [0.1, 0.15) is 16.8 Å². The van der Waals surface area contributed by atoms with Crippen molar-refractivity contribution in [2.24, 2.45) is 0 Å². The molecule has 4 heteroatoms. The van der Waals surface area contributed by atoms with E-state index in [1.54, 1.807) is 0 Å². The van der Waals surface area contributed by atoms with E-state index in [2.05, 4.69) is 45.3 Å². The van der Waals surface area contributed by atoms with Gasteiger partial charge in [-0.15, -0.1) is 0 Å². The summed E-state index contributed by atoms with van der Waals surface area (Å²) >= 11 is 3.56. The molecule has 1 N–H and O–H groups in total. The van der Waals surface area contributed by atoms with Crippen molar-refractivity contribution in [1.82, 2.24) is 15.3 Å². The Labute approximate surface area is 115 Å². The molecule has 2 heterocycles. The minimum absolute atomic E-state index is 0.820. The van der Waals surface area contributed by atoms with Gasteiger partial charge in [-0.3, -0.25) is 0 Å². The van der Waals surface area contributed by atoms with Gasteiger partial charge in [0.15, 0.2) is 5.82 Å². The van der Waals surface area contributed by atoms with Crippen molar-refractivity contribution in [3.63, 3.8) is 0 Å². The fourth-order valence-corrected chi connectivity index (χ4v) is 2.78. The zero-order valence-electron chi connectivity index (χ0n) is 10.2. The van der Waals surface area contributed by atoms with Gasteiger partial charge in [0.1, 0.15) is 4.60 Å². The van der Waals surface area contributed by atoms with Gasteiger partial charge < -0.3 is 5.32 Å². The third kappa shape index (κ3) is 2.06. The van der Waals surface area contributed by atoms with E-state index in [0.29, 0.717) is 0 Å². The predicted molar refractivity (Wildman–Crippen MR) is 75.3 cm³/mol. The Balaban J connectivity index is 2.14. The summed E-state index contributed by atoms with van der Waals surface area (Å²) in [4.78, 5) is 9.31. The van der Waals surface area contributed by atoms with Crippen LogP contribution in [0.5, 0.6) is 0 Å². The maximum atomic E-state index is 4.72. The van der Waals surface area contributed by atoms with Crippen LogP contribution in [0.2, 0.25) is 0 Å². The Hall–Kier alpha value is -1.26. The number of nitrogens with one attached hydrogen (secondary N) is 1. The van der Waals surface area contributed by atoms with E-state index in [1.807, 2.05) is 12.1 Å². The van der Waals surface area contributed by atoms with Gasteiger partial charge in [-0.25, -0.2) is 9.97 Å². The number of aromatic nitrogens is 2. The van der Waals surface area contributed by atoms with E-state index in [-0.39, 0.29) is 0 Å². The van der Waals surface area contributed by atoms with Gasteiger partial charge in [-0.05, 0) is 28.4 Å². The SMILES string of the molecule is Cc1ccccc1-c1nc(Br)c2c(n1)CCNC2. The van der Waals surface area contributed by atoms with Crippen LogP contribution in [0.15, 0.2) is 28.9 Å². The summed E-state index contributed by atoms with van der Waals surface area (Å²) in [5.41, 5.74) is 4.67. The van der Waals surface area contributed by atoms with Crippen LogP contribution in [0.3, 0.4) is 0 Å². The fourth-order valence-electron chi connectivity index (χ4n) is 2.25. The maximum absolute atomic E-state index is 4.72. The molecule has 0 amide bonds. The number of hydrogen-bond donors (Lipinski definition) is 1. The molecule has 3 nitrogen and oxygen atoms in total. The summed E-state index contributed by atoms with van der Waals surface area (Å²) in [6.07, 6.45) is 0.968. The average Bonchev–Trinajstić information content (AvgIpc) is 2.39. The van der Waals surface area contributed by atoms with Crippen molar-refractivity contribution in [1.29, 1.82) is 0 Å². The monoisotopic (exact) mass is 303 g/mol. The molecule has 0 spiro atoms. The third-order valence-electron chi connectivity index (χ3n) is 3.27. The number of halogens is 1. The average molecular weight is 304 g/mol. The van der Waals surface area contributed by atoms with Crippen LogP contribution in [0.4, 0.5) is 0 Å². The molecule has 18 heavy (non-hydrogen) atoms. The zero-order chi connectivity index (χ0) is 12.5. The van der Waals surface area contributed by atoms with Crippen molar-refractivity contribution in [2.75, 3.05) is 6.54 Å². The van der Waals surface area contributed by atoms with Gasteiger partial charge in [0.25, 0.3) is 0 Å². The highest BCUT2D eigenvalue weighted by molar-refractivity contribution is 9.10. The second-order valence-electron chi connectivity index (χ2n) is 4.50. The number of rotatable bonds is 1. The smallest absolute Gasteiger partial charge is 0.160 e. The molecular formula is C14H14BrN3. The molecule has 92 valence electrons. The normalized spacial score (nSPS) is 14.3. The Morgan fingerprint density at radius 3 is 2.89 bits per heavy atom. The van der Waals surface area contributed by atoms with E-state index in [9.17, 15) is 0 Å². The van der Waals surface area contributed by atoms with Crippen LogP contribution in [-0.4, -0.2) is 16.5 Å². The van der Waals surface area contributed by atoms with Crippen molar-refractivity contribution < 1.29 is 0 Å². The lowest BCUT2D eigenvalue weighted by atomic mass is 10.1. The van der Waals surface area contributed by atoms with Crippen molar-refractivity contribution in [3.05, 3.63) is 45.7 Å². The van der Waals surface area contributed by atoms with Crippen LogP contribution >= 0.6 is 15.9 Å². The quantitative estimate of drug-likeness (QED) is 0.823. The summed E-state index contributed by atoms with van der Waals surface area (Å²) in [7, 11) is 0. The van der Waals surface area contributed by atoms with Crippen LogP contribution < -0.4 is 5.32 Å². The fraction of sp³-hybridized carbons (Fsp3) is 0.286. The summed E-state index contributed by atoms with van der Waals surface area (Å²) in [6, 6.07) is 8.23. The summed E-state index contributed by atoms with van der Waals surface area (Å²) in [5.74, 6) is 0.820. The van der Waals surface area contributed by atoms with Gasteiger partial charge in [-0.2, -0.15) is 0 Å². The van der Waals surface area contributed by atoms with E-state index in [4.69, 9.17) is 4.98 Å². The second kappa shape index (κ2) is 4.78. The predicted octanol–water partition coefficient (Wildman–Crippen LogP) is 2.86. The van der Waals surface area contributed by atoms with Crippen molar-refractivity contribution >= 4 is 15.9 Å². The highest BCUT2D eigenvalue weighted by Crippen LogP contribution is 2.26. The molecule has 2 aromatic rings. The summed E-state index contributed by atoms with van der Waals surface area (Å²) in [5, 5.41) is 3.34. The molecule has 1 aromatic carbocycles. The van der Waals surface area contributed by atoms with Crippen LogP contribution in [0, 0.1) is 6.92 Å². The van der Waals surface area contributed by atoms with E-state index in [1.165, 1.54) is 11.1 Å². The molecular weight excluding hydrogens is 290 g/mol. The minimum Gasteiger partial charge on any atom is -0.312 e. The Kier molecular flexibility index (Phi) is 3.14. The van der Waals surface area contributed by atoms with E-state index < -0.39 is 0 Å². The highest BCUT2D eigenvalue weighted by Gasteiger charge is 2.17. The molecule has 1 aliphatic heterocycles. The number of benzene rings is 1. The van der Waals surface area contributed by atoms with Crippen molar-refractivity contribution in [3.8, 4) is 11.4 Å². The number of fused-ring (bicyclic) bond motifs is 1.